The molecule has 0 saturated carbocycles. The van der Waals surface area contributed by atoms with E-state index in [-0.39, 0.29) is 11.4 Å². The van der Waals surface area contributed by atoms with Crippen molar-refractivity contribution in [3.8, 4) is 11.8 Å². The van der Waals surface area contributed by atoms with E-state index in [9.17, 15) is 10.1 Å². The Balaban J connectivity index is 1.97. The van der Waals surface area contributed by atoms with Crippen molar-refractivity contribution in [2.75, 3.05) is 0 Å². The fourth-order valence-electron chi connectivity index (χ4n) is 4.36. The summed E-state index contributed by atoms with van der Waals surface area (Å²) in [6.45, 7) is 6.12. The highest BCUT2D eigenvalue weighted by atomic mass is 16.5. The van der Waals surface area contributed by atoms with E-state index in [1.807, 2.05) is 31.2 Å². The van der Waals surface area contributed by atoms with Crippen LogP contribution in [0.5, 0.6) is 5.75 Å². The topological polar surface area (TPSA) is 81.0 Å². The van der Waals surface area contributed by atoms with E-state index in [1.54, 1.807) is 11.6 Å². The van der Waals surface area contributed by atoms with Gasteiger partial charge in [-0.25, -0.2) is 0 Å². The molecule has 5 nitrogen and oxygen atoms in total. The van der Waals surface area contributed by atoms with Crippen LogP contribution in [0.3, 0.4) is 0 Å². The van der Waals surface area contributed by atoms with Crippen molar-refractivity contribution in [3.63, 3.8) is 0 Å². The molecule has 0 spiro atoms. The Hall–Kier alpha value is -3.26. The standard InChI is InChI=1S/C23H23N3O2/c1-13(2)14-8-10-15(11-9-14)19-17(12-24)22(25)28-21-16-6-4-5-7-18(16)26(3)23(27)20(19)21/h4-7,10,14,19H,1,8-9,11,25H2,2-3H3. The first-order valence-corrected chi connectivity index (χ1v) is 9.47. The van der Waals surface area contributed by atoms with Gasteiger partial charge in [0.05, 0.1) is 17.0 Å². The van der Waals surface area contributed by atoms with Gasteiger partial charge in [0.15, 0.2) is 0 Å². The second-order valence-corrected chi connectivity index (χ2v) is 7.65. The summed E-state index contributed by atoms with van der Waals surface area (Å²) in [5, 5.41) is 10.6. The number of aryl methyl sites for hydroxylation is 1. The first-order chi connectivity index (χ1) is 13.4. The van der Waals surface area contributed by atoms with E-state index in [4.69, 9.17) is 10.5 Å². The summed E-state index contributed by atoms with van der Waals surface area (Å²) < 4.78 is 7.47. The average molecular weight is 373 g/mol. The van der Waals surface area contributed by atoms with Gasteiger partial charge < -0.3 is 15.0 Å². The van der Waals surface area contributed by atoms with Crippen molar-refractivity contribution in [3.05, 3.63) is 75.4 Å². The minimum absolute atomic E-state index is 0.0846. The summed E-state index contributed by atoms with van der Waals surface area (Å²) in [6.07, 6.45) is 4.78. The predicted octanol–water partition coefficient (Wildman–Crippen LogP) is 4.01. The zero-order valence-corrected chi connectivity index (χ0v) is 16.2. The van der Waals surface area contributed by atoms with E-state index < -0.39 is 5.92 Å². The molecular weight excluding hydrogens is 350 g/mol. The van der Waals surface area contributed by atoms with Gasteiger partial charge in [-0.1, -0.05) is 35.9 Å². The van der Waals surface area contributed by atoms with Crippen LogP contribution >= 0.6 is 0 Å². The molecule has 28 heavy (non-hydrogen) atoms. The Morgan fingerprint density at radius 3 is 2.79 bits per heavy atom. The number of nitriles is 1. The quantitative estimate of drug-likeness (QED) is 0.807. The second kappa shape index (κ2) is 6.72. The number of pyridine rings is 1. The summed E-state index contributed by atoms with van der Waals surface area (Å²) in [5.41, 5.74) is 9.82. The SMILES string of the molecule is C=C(C)C1CC=C(C2C(C#N)=C(N)Oc3c2c(=O)n(C)c2ccccc32)CC1. The Labute approximate surface area is 164 Å². The lowest BCUT2D eigenvalue weighted by atomic mass is 9.75. The number of fused-ring (bicyclic) bond motifs is 3. The molecule has 2 atom stereocenters. The summed E-state index contributed by atoms with van der Waals surface area (Å²) in [4.78, 5) is 13.3. The fourth-order valence-corrected chi connectivity index (χ4v) is 4.36. The van der Waals surface area contributed by atoms with E-state index in [1.165, 1.54) is 5.57 Å². The number of ether oxygens (including phenoxy) is 1. The molecular formula is C23H23N3O2. The predicted molar refractivity (Wildman–Crippen MR) is 110 cm³/mol. The van der Waals surface area contributed by atoms with Gasteiger partial charge in [-0.15, -0.1) is 0 Å². The van der Waals surface area contributed by atoms with Crippen LogP contribution in [0.15, 0.2) is 64.3 Å². The fraction of sp³-hybridized carbons (Fsp3) is 0.304. The van der Waals surface area contributed by atoms with Crippen molar-refractivity contribution in [2.24, 2.45) is 18.7 Å². The normalized spacial score (nSPS) is 21.5. The van der Waals surface area contributed by atoms with Gasteiger partial charge in [-0.3, -0.25) is 4.79 Å². The molecule has 0 radical (unpaired) electrons. The maximum atomic E-state index is 13.3. The zero-order chi connectivity index (χ0) is 20.0. The van der Waals surface area contributed by atoms with Gasteiger partial charge >= 0.3 is 0 Å². The molecule has 0 amide bonds. The Morgan fingerprint density at radius 2 is 2.14 bits per heavy atom. The minimum Gasteiger partial charge on any atom is -0.439 e. The van der Waals surface area contributed by atoms with E-state index in [0.29, 0.717) is 22.8 Å². The summed E-state index contributed by atoms with van der Waals surface area (Å²) in [5.74, 6) is 0.543. The molecule has 5 heteroatoms. The maximum absolute atomic E-state index is 13.3. The Kier molecular flexibility index (Phi) is 4.35. The number of nitrogens with two attached hydrogens (primary N) is 1. The smallest absolute Gasteiger partial charge is 0.258 e. The van der Waals surface area contributed by atoms with Gasteiger partial charge in [0.2, 0.25) is 5.88 Å². The van der Waals surface area contributed by atoms with Gasteiger partial charge in [-0.05, 0) is 44.2 Å². The number of nitrogens with zero attached hydrogens (tertiary/aromatic N) is 2. The first-order valence-electron chi connectivity index (χ1n) is 9.47. The summed E-state index contributed by atoms with van der Waals surface area (Å²) in [7, 11) is 1.75. The van der Waals surface area contributed by atoms with Crippen LogP contribution in [0.1, 0.15) is 37.7 Å². The number of para-hydroxylation sites is 1. The molecule has 1 aliphatic carbocycles. The third-order valence-electron chi connectivity index (χ3n) is 5.98. The van der Waals surface area contributed by atoms with Crippen molar-refractivity contribution in [1.29, 1.82) is 5.26 Å². The Morgan fingerprint density at radius 1 is 1.39 bits per heavy atom. The number of rotatable bonds is 2. The highest BCUT2D eigenvalue weighted by Gasteiger charge is 2.37. The molecule has 1 aromatic heterocycles. The van der Waals surface area contributed by atoms with E-state index >= 15 is 0 Å². The van der Waals surface area contributed by atoms with Gasteiger partial charge in [-0.2, -0.15) is 5.26 Å². The molecule has 2 N–H and O–H groups in total. The molecule has 2 heterocycles. The molecule has 2 unspecified atom stereocenters. The average Bonchev–Trinajstić information content (AvgIpc) is 2.71. The zero-order valence-electron chi connectivity index (χ0n) is 16.2. The van der Waals surface area contributed by atoms with Crippen LogP contribution < -0.4 is 16.0 Å². The van der Waals surface area contributed by atoms with Crippen LogP contribution in [0.2, 0.25) is 0 Å². The lowest BCUT2D eigenvalue weighted by molar-refractivity contribution is 0.392. The lowest BCUT2D eigenvalue weighted by Crippen LogP contribution is -2.31. The lowest BCUT2D eigenvalue weighted by Gasteiger charge is -2.31. The minimum atomic E-state index is -0.455. The third-order valence-corrected chi connectivity index (χ3v) is 5.98. The van der Waals surface area contributed by atoms with Crippen LogP contribution in [-0.2, 0) is 7.05 Å². The molecule has 0 saturated heterocycles. The molecule has 0 fully saturated rings. The largest absolute Gasteiger partial charge is 0.439 e. The van der Waals surface area contributed by atoms with E-state index in [2.05, 4.69) is 18.7 Å². The number of hydrogen-bond acceptors (Lipinski definition) is 4. The van der Waals surface area contributed by atoms with Crippen LogP contribution in [0.4, 0.5) is 0 Å². The molecule has 2 aliphatic rings. The van der Waals surface area contributed by atoms with Crippen LogP contribution in [-0.4, -0.2) is 4.57 Å². The molecule has 2 aromatic rings. The van der Waals surface area contributed by atoms with Gasteiger partial charge in [0.25, 0.3) is 5.56 Å². The second-order valence-electron chi connectivity index (χ2n) is 7.65. The van der Waals surface area contributed by atoms with Crippen molar-refractivity contribution < 1.29 is 4.74 Å². The monoisotopic (exact) mass is 373 g/mol. The number of hydrogen-bond donors (Lipinski definition) is 1. The van der Waals surface area contributed by atoms with Crippen LogP contribution in [0.25, 0.3) is 10.9 Å². The summed E-state index contributed by atoms with van der Waals surface area (Å²) in [6, 6.07) is 9.78. The Bertz CT molecular complexity index is 1160. The van der Waals surface area contributed by atoms with Crippen molar-refractivity contribution >= 4 is 10.9 Å². The highest BCUT2D eigenvalue weighted by Crippen LogP contribution is 2.46. The highest BCUT2D eigenvalue weighted by molar-refractivity contribution is 5.88. The first kappa shape index (κ1) is 18.1. The van der Waals surface area contributed by atoms with E-state index in [0.717, 1.165) is 35.7 Å². The number of allylic oxidation sites excluding steroid dienone is 4. The molecule has 4 rings (SSSR count). The maximum Gasteiger partial charge on any atom is 0.258 e. The number of aromatic nitrogens is 1. The molecule has 0 bridgehead atoms. The molecule has 1 aromatic carbocycles. The number of benzene rings is 1. The van der Waals surface area contributed by atoms with Crippen molar-refractivity contribution in [1.82, 2.24) is 4.57 Å². The summed E-state index contributed by atoms with van der Waals surface area (Å²) >= 11 is 0. The molecule has 142 valence electrons. The van der Waals surface area contributed by atoms with Gasteiger partial charge in [0.1, 0.15) is 17.4 Å². The van der Waals surface area contributed by atoms with Crippen LogP contribution in [0, 0.1) is 17.2 Å². The third kappa shape index (κ3) is 2.65. The molecule has 1 aliphatic heterocycles. The van der Waals surface area contributed by atoms with Crippen molar-refractivity contribution in [2.45, 2.75) is 32.1 Å². The van der Waals surface area contributed by atoms with Gasteiger partial charge in [0, 0.05) is 12.4 Å².